The van der Waals surface area contributed by atoms with Gasteiger partial charge in [-0.1, -0.05) is 17.7 Å². The van der Waals surface area contributed by atoms with Gasteiger partial charge in [-0.3, -0.25) is 4.79 Å². The van der Waals surface area contributed by atoms with Gasteiger partial charge in [0.1, 0.15) is 0 Å². The van der Waals surface area contributed by atoms with Crippen molar-refractivity contribution in [3.8, 4) is 0 Å². The third-order valence-corrected chi connectivity index (χ3v) is 10.3. The molecule has 1 aliphatic carbocycles. The summed E-state index contributed by atoms with van der Waals surface area (Å²) >= 11 is 13.7. The number of urea groups is 1. The maximum absolute atomic E-state index is 13.3. The maximum atomic E-state index is 13.3. The van der Waals surface area contributed by atoms with E-state index in [9.17, 15) is 14.8 Å². The Morgan fingerprint density at radius 1 is 1.05 bits per heavy atom. The highest BCUT2D eigenvalue weighted by atomic mass is 79.9. The number of rotatable bonds is 3. The summed E-state index contributed by atoms with van der Waals surface area (Å²) in [4.78, 5) is 28.2. The Bertz CT molecular complexity index is 1210. The second kappa shape index (κ2) is 11.1. The molecule has 1 atom stereocenters. The molecule has 0 spiro atoms. The van der Waals surface area contributed by atoms with E-state index in [1.807, 2.05) is 11.0 Å². The number of hydrogen-bond acceptors (Lipinski definition) is 3. The van der Waals surface area contributed by atoms with E-state index in [-0.39, 0.29) is 23.8 Å². The molecule has 10 heteroatoms. The summed E-state index contributed by atoms with van der Waals surface area (Å²) in [6, 6.07) is 5.69. The fourth-order valence-electron chi connectivity index (χ4n) is 6.39. The van der Waals surface area contributed by atoms with Crippen LogP contribution in [0.15, 0.2) is 33.3 Å². The minimum Gasteiger partial charge on any atom is -0.618 e. The van der Waals surface area contributed by atoms with Crippen LogP contribution in [0, 0.1) is 17.0 Å². The van der Waals surface area contributed by atoms with Crippen LogP contribution in [0.25, 0.3) is 0 Å². The number of pyridine rings is 1. The van der Waals surface area contributed by atoms with Crippen molar-refractivity contribution in [2.45, 2.75) is 50.9 Å². The first-order chi connectivity index (χ1) is 17.7. The first kappa shape index (κ1) is 26.8. The van der Waals surface area contributed by atoms with Crippen molar-refractivity contribution < 1.29 is 14.3 Å². The van der Waals surface area contributed by atoms with Crippen molar-refractivity contribution in [1.29, 1.82) is 0 Å². The number of aryl methyl sites for hydroxylation is 1. The van der Waals surface area contributed by atoms with E-state index in [1.54, 1.807) is 11.1 Å². The van der Waals surface area contributed by atoms with Gasteiger partial charge in [0, 0.05) is 42.6 Å². The zero-order valence-electron chi connectivity index (χ0n) is 20.6. The number of primary amides is 1. The predicted octanol–water partition coefficient (Wildman–Crippen LogP) is 5.15. The van der Waals surface area contributed by atoms with Crippen LogP contribution in [-0.4, -0.2) is 47.9 Å². The van der Waals surface area contributed by atoms with Crippen molar-refractivity contribution in [2.24, 2.45) is 17.6 Å². The Labute approximate surface area is 239 Å². The molecule has 2 aromatic rings. The highest BCUT2D eigenvalue weighted by Crippen LogP contribution is 2.45. The highest BCUT2D eigenvalue weighted by Gasteiger charge is 2.39. The summed E-state index contributed by atoms with van der Waals surface area (Å²) in [5.74, 6) is 0.673. The van der Waals surface area contributed by atoms with Gasteiger partial charge in [-0.2, -0.15) is 4.73 Å². The van der Waals surface area contributed by atoms with E-state index in [0.717, 1.165) is 69.0 Å². The first-order valence-corrected chi connectivity index (χ1v) is 14.9. The summed E-state index contributed by atoms with van der Waals surface area (Å²) in [5.41, 5.74) is 9.60. The van der Waals surface area contributed by atoms with E-state index in [1.165, 1.54) is 5.56 Å². The van der Waals surface area contributed by atoms with Gasteiger partial charge in [0.25, 0.3) is 0 Å². The van der Waals surface area contributed by atoms with Crippen LogP contribution in [0.3, 0.4) is 0 Å². The molecule has 2 N–H and O–H groups in total. The number of halogens is 3. The Kier molecular flexibility index (Phi) is 8.03. The molecular weight excluding hydrogens is 624 g/mol. The van der Waals surface area contributed by atoms with Crippen LogP contribution in [0.5, 0.6) is 0 Å². The topological polar surface area (TPSA) is 93.6 Å². The lowest BCUT2D eigenvalue weighted by atomic mass is 9.76. The summed E-state index contributed by atoms with van der Waals surface area (Å²) < 4.78 is 2.73. The number of piperidine rings is 2. The van der Waals surface area contributed by atoms with Crippen LogP contribution >= 0.6 is 43.5 Å². The molecule has 3 heterocycles. The molecule has 2 fully saturated rings. The molecule has 0 bridgehead atoms. The molecule has 0 unspecified atom stereocenters. The summed E-state index contributed by atoms with van der Waals surface area (Å²) in [7, 11) is 0. The van der Waals surface area contributed by atoms with E-state index in [2.05, 4.69) is 44.0 Å². The van der Waals surface area contributed by atoms with Gasteiger partial charge in [0.2, 0.25) is 11.6 Å². The SMILES string of the molecule is NC(=O)N1CCC(CC(=O)N2CCC([C@H]3c4ccc(Cl)c(Br)c4CCc4cc(Br)c[n+]([O-])c43)CC2)CC1. The monoisotopic (exact) mass is 652 g/mol. The molecule has 37 heavy (non-hydrogen) atoms. The smallest absolute Gasteiger partial charge is 0.314 e. The zero-order chi connectivity index (χ0) is 26.3. The Morgan fingerprint density at radius 2 is 1.73 bits per heavy atom. The van der Waals surface area contributed by atoms with Gasteiger partial charge >= 0.3 is 6.03 Å². The Hall–Kier alpha value is -1.84. The van der Waals surface area contributed by atoms with Crippen LogP contribution < -0.4 is 10.5 Å². The van der Waals surface area contributed by atoms with E-state index >= 15 is 0 Å². The van der Waals surface area contributed by atoms with Gasteiger partial charge < -0.3 is 20.7 Å². The number of fused-ring (bicyclic) bond motifs is 2. The summed E-state index contributed by atoms with van der Waals surface area (Å²) in [6.45, 7) is 2.63. The molecule has 2 aliphatic heterocycles. The number of nitrogens with zero attached hydrogens (tertiary/aromatic N) is 3. The molecule has 7 nitrogen and oxygen atoms in total. The second-order valence-electron chi connectivity index (χ2n) is 10.5. The van der Waals surface area contributed by atoms with E-state index in [4.69, 9.17) is 17.3 Å². The number of aromatic nitrogens is 1. The molecule has 3 amide bonds. The molecule has 0 saturated carbocycles. The highest BCUT2D eigenvalue weighted by molar-refractivity contribution is 9.10. The van der Waals surface area contributed by atoms with Crippen molar-refractivity contribution in [3.63, 3.8) is 0 Å². The predicted molar refractivity (Wildman–Crippen MR) is 149 cm³/mol. The molecule has 0 radical (unpaired) electrons. The number of benzene rings is 1. The number of carbonyl (C=O) groups is 2. The molecule has 1 aromatic carbocycles. The summed E-state index contributed by atoms with van der Waals surface area (Å²) in [6.07, 6.45) is 7.01. The lowest BCUT2D eigenvalue weighted by Crippen LogP contribution is -2.44. The van der Waals surface area contributed by atoms with E-state index in [0.29, 0.717) is 43.5 Å². The quantitative estimate of drug-likeness (QED) is 0.367. The van der Waals surface area contributed by atoms with Crippen molar-refractivity contribution >= 4 is 55.4 Å². The molecule has 1 aromatic heterocycles. The average Bonchev–Trinajstić information content (AvgIpc) is 3.04. The lowest BCUT2D eigenvalue weighted by molar-refractivity contribution is -0.616. The zero-order valence-corrected chi connectivity index (χ0v) is 24.5. The number of hydrogen-bond donors (Lipinski definition) is 1. The summed E-state index contributed by atoms with van der Waals surface area (Å²) in [5, 5.41) is 13.9. The number of carbonyl (C=O) groups excluding carboxylic acids is 2. The van der Waals surface area contributed by atoms with Crippen LogP contribution in [0.1, 0.15) is 60.4 Å². The van der Waals surface area contributed by atoms with Crippen molar-refractivity contribution in [1.82, 2.24) is 9.80 Å². The molecular formula is C27H31Br2ClN4O3. The Morgan fingerprint density at radius 3 is 2.41 bits per heavy atom. The Balaban J connectivity index is 1.33. The molecule has 198 valence electrons. The molecule has 3 aliphatic rings. The van der Waals surface area contributed by atoms with Gasteiger partial charge in [0.05, 0.1) is 15.4 Å². The van der Waals surface area contributed by atoms with Gasteiger partial charge in [-0.25, -0.2) is 4.79 Å². The van der Waals surface area contributed by atoms with Crippen LogP contribution in [-0.2, 0) is 17.6 Å². The normalized spacial score (nSPS) is 20.8. The minimum atomic E-state index is -0.380. The van der Waals surface area contributed by atoms with Crippen LogP contribution in [0.4, 0.5) is 4.79 Å². The van der Waals surface area contributed by atoms with Gasteiger partial charge in [-0.05, 0) is 105 Å². The van der Waals surface area contributed by atoms with Crippen molar-refractivity contribution in [2.75, 3.05) is 26.2 Å². The first-order valence-electron chi connectivity index (χ1n) is 12.9. The number of nitrogens with two attached hydrogens (primary N) is 1. The number of amides is 3. The largest absolute Gasteiger partial charge is 0.618 e. The average molecular weight is 655 g/mol. The molecule has 5 rings (SSSR count). The van der Waals surface area contributed by atoms with Crippen molar-refractivity contribution in [3.05, 3.63) is 66.0 Å². The molecule has 2 saturated heterocycles. The van der Waals surface area contributed by atoms with Gasteiger partial charge in [-0.15, -0.1) is 0 Å². The van der Waals surface area contributed by atoms with E-state index < -0.39 is 0 Å². The maximum Gasteiger partial charge on any atom is 0.314 e. The van der Waals surface area contributed by atoms with Gasteiger partial charge in [0.15, 0.2) is 6.20 Å². The lowest BCUT2D eigenvalue weighted by Gasteiger charge is -2.37. The third-order valence-electron chi connectivity index (χ3n) is 8.38. The second-order valence-corrected chi connectivity index (χ2v) is 12.6. The fourth-order valence-corrected chi connectivity index (χ4v) is 7.59. The standard InChI is InChI=1S/C27H31Br2ClN4O3/c28-19-14-18-1-2-21-20(3-4-22(30)25(21)29)24(26(18)34(37)15-19)17-7-11-32(12-8-17)23(35)13-16-5-9-33(10-6-16)27(31)36/h3-4,14-17,24H,1-2,5-13H2,(H2,31,36)/t24-/m0/s1. The van der Waals surface area contributed by atoms with Crippen LogP contribution in [0.2, 0.25) is 5.02 Å². The fraction of sp³-hybridized carbons (Fsp3) is 0.519. The minimum absolute atomic E-state index is 0.0537. The number of likely N-dealkylation sites (tertiary alicyclic amines) is 2. The third kappa shape index (κ3) is 5.50.